The number of carboxylic acid groups (broad SMARTS) is 1. The van der Waals surface area contributed by atoms with E-state index in [1.54, 1.807) is 24.3 Å². The number of amides is 2. The molecular formula is C22H30N2O4. The molecule has 0 radical (unpaired) electrons. The van der Waals surface area contributed by atoms with Gasteiger partial charge in [-0.1, -0.05) is 43.2 Å². The molecule has 6 nitrogen and oxygen atoms in total. The van der Waals surface area contributed by atoms with Gasteiger partial charge in [-0.2, -0.15) is 0 Å². The third-order valence-corrected chi connectivity index (χ3v) is 6.15. The number of carbonyl (C=O) groups is 3. The number of carboxylic acids is 1. The molecule has 3 rings (SSSR count). The van der Waals surface area contributed by atoms with Crippen LogP contribution >= 0.6 is 0 Å². The molecule has 152 valence electrons. The summed E-state index contributed by atoms with van der Waals surface area (Å²) in [5.74, 6) is -1.52. The zero-order valence-corrected chi connectivity index (χ0v) is 16.2. The molecule has 0 aliphatic heterocycles. The van der Waals surface area contributed by atoms with Crippen molar-refractivity contribution in [3.05, 3.63) is 35.9 Å². The fourth-order valence-corrected chi connectivity index (χ4v) is 4.39. The molecule has 0 bridgehead atoms. The van der Waals surface area contributed by atoms with E-state index in [-0.39, 0.29) is 36.2 Å². The van der Waals surface area contributed by atoms with Crippen molar-refractivity contribution in [3.63, 3.8) is 0 Å². The van der Waals surface area contributed by atoms with Crippen LogP contribution in [0.25, 0.3) is 0 Å². The summed E-state index contributed by atoms with van der Waals surface area (Å²) in [6.07, 6.45) is 7.34. The third kappa shape index (κ3) is 5.33. The molecule has 2 saturated carbocycles. The van der Waals surface area contributed by atoms with Crippen LogP contribution in [0.5, 0.6) is 0 Å². The molecule has 0 saturated heterocycles. The second-order valence-corrected chi connectivity index (χ2v) is 8.09. The Labute approximate surface area is 166 Å². The number of hydrogen-bond acceptors (Lipinski definition) is 3. The molecule has 1 unspecified atom stereocenters. The average Bonchev–Trinajstić information content (AvgIpc) is 3.24. The summed E-state index contributed by atoms with van der Waals surface area (Å²) < 4.78 is 0. The summed E-state index contributed by atoms with van der Waals surface area (Å²) in [6, 6.07) is 9.13. The highest BCUT2D eigenvalue weighted by Crippen LogP contribution is 2.28. The van der Waals surface area contributed by atoms with Crippen LogP contribution in [0, 0.1) is 11.8 Å². The molecule has 1 atom stereocenters. The van der Waals surface area contributed by atoms with Gasteiger partial charge in [0.2, 0.25) is 11.8 Å². The fourth-order valence-electron chi connectivity index (χ4n) is 4.39. The van der Waals surface area contributed by atoms with Gasteiger partial charge in [0.05, 0.1) is 5.92 Å². The molecule has 1 aromatic rings. The number of rotatable bonds is 7. The Balaban J connectivity index is 1.43. The first kappa shape index (κ1) is 20.4. The lowest BCUT2D eigenvalue weighted by Crippen LogP contribution is -2.43. The van der Waals surface area contributed by atoms with Gasteiger partial charge in [0.25, 0.3) is 0 Å². The van der Waals surface area contributed by atoms with Crippen LogP contribution in [-0.4, -0.2) is 35.5 Å². The SMILES string of the molecule is O=C(NCC(C(=O)O)c1ccccc1)C1CCC(NC(=O)C2CCCC2)CC1. The van der Waals surface area contributed by atoms with Crippen molar-refractivity contribution < 1.29 is 19.5 Å². The van der Waals surface area contributed by atoms with E-state index in [4.69, 9.17) is 0 Å². The number of nitrogens with one attached hydrogen (secondary N) is 2. The molecule has 1 aromatic carbocycles. The lowest BCUT2D eigenvalue weighted by molar-refractivity contribution is -0.138. The van der Waals surface area contributed by atoms with E-state index in [1.807, 2.05) is 6.07 Å². The Morgan fingerprint density at radius 1 is 0.893 bits per heavy atom. The second-order valence-electron chi connectivity index (χ2n) is 8.09. The van der Waals surface area contributed by atoms with E-state index >= 15 is 0 Å². The number of aliphatic carboxylic acids is 1. The minimum atomic E-state index is -0.940. The average molecular weight is 386 g/mol. The fraction of sp³-hybridized carbons (Fsp3) is 0.591. The molecule has 2 aliphatic carbocycles. The van der Waals surface area contributed by atoms with Crippen molar-refractivity contribution in [3.8, 4) is 0 Å². The van der Waals surface area contributed by atoms with Gasteiger partial charge in [0.15, 0.2) is 0 Å². The minimum absolute atomic E-state index is 0.0808. The normalized spacial score (nSPS) is 23.7. The quantitative estimate of drug-likeness (QED) is 0.671. The predicted molar refractivity (Wildman–Crippen MR) is 106 cm³/mol. The molecule has 0 aromatic heterocycles. The van der Waals surface area contributed by atoms with Crippen LogP contribution in [0.4, 0.5) is 0 Å². The van der Waals surface area contributed by atoms with Gasteiger partial charge in [-0.05, 0) is 44.1 Å². The van der Waals surface area contributed by atoms with E-state index in [0.29, 0.717) is 5.56 Å². The Morgan fingerprint density at radius 3 is 2.11 bits per heavy atom. The maximum absolute atomic E-state index is 12.5. The largest absolute Gasteiger partial charge is 0.481 e. The molecule has 3 N–H and O–H groups in total. The van der Waals surface area contributed by atoms with Gasteiger partial charge in [-0.3, -0.25) is 14.4 Å². The van der Waals surface area contributed by atoms with Gasteiger partial charge in [0, 0.05) is 24.4 Å². The van der Waals surface area contributed by atoms with E-state index in [9.17, 15) is 19.5 Å². The maximum Gasteiger partial charge on any atom is 0.312 e. The van der Waals surface area contributed by atoms with Crippen LogP contribution in [0.2, 0.25) is 0 Å². The van der Waals surface area contributed by atoms with E-state index < -0.39 is 11.9 Å². The van der Waals surface area contributed by atoms with Crippen LogP contribution in [-0.2, 0) is 14.4 Å². The van der Waals surface area contributed by atoms with Gasteiger partial charge >= 0.3 is 5.97 Å². The van der Waals surface area contributed by atoms with Crippen molar-refractivity contribution in [2.45, 2.75) is 63.3 Å². The lowest BCUT2D eigenvalue weighted by atomic mass is 9.85. The van der Waals surface area contributed by atoms with E-state index in [2.05, 4.69) is 10.6 Å². The van der Waals surface area contributed by atoms with Gasteiger partial charge < -0.3 is 15.7 Å². The highest BCUT2D eigenvalue weighted by atomic mass is 16.4. The van der Waals surface area contributed by atoms with Gasteiger partial charge in [0.1, 0.15) is 0 Å². The van der Waals surface area contributed by atoms with Gasteiger partial charge in [-0.25, -0.2) is 0 Å². The topological polar surface area (TPSA) is 95.5 Å². The Bertz CT molecular complexity index is 677. The van der Waals surface area contributed by atoms with Crippen molar-refractivity contribution >= 4 is 17.8 Å². The summed E-state index contributed by atoms with van der Waals surface area (Å²) in [4.78, 5) is 36.3. The maximum atomic E-state index is 12.5. The zero-order valence-electron chi connectivity index (χ0n) is 16.2. The first-order valence-electron chi connectivity index (χ1n) is 10.4. The monoisotopic (exact) mass is 386 g/mol. The van der Waals surface area contributed by atoms with Crippen LogP contribution in [0.1, 0.15) is 62.8 Å². The van der Waals surface area contributed by atoms with Gasteiger partial charge in [-0.15, -0.1) is 0 Å². The number of carbonyl (C=O) groups excluding carboxylic acids is 2. The summed E-state index contributed by atoms with van der Waals surface area (Å²) in [5, 5.41) is 15.5. The molecule has 2 amide bonds. The molecule has 6 heteroatoms. The molecule has 0 heterocycles. The van der Waals surface area contributed by atoms with Crippen LogP contribution in [0.3, 0.4) is 0 Å². The molecular weight excluding hydrogens is 356 g/mol. The molecule has 2 fully saturated rings. The smallest absolute Gasteiger partial charge is 0.312 e. The first-order valence-corrected chi connectivity index (χ1v) is 10.4. The summed E-state index contributed by atoms with van der Waals surface area (Å²) in [7, 11) is 0. The second kappa shape index (κ2) is 9.71. The third-order valence-electron chi connectivity index (χ3n) is 6.15. The Hall–Kier alpha value is -2.37. The van der Waals surface area contributed by atoms with Crippen molar-refractivity contribution in [1.82, 2.24) is 10.6 Å². The lowest BCUT2D eigenvalue weighted by Gasteiger charge is -2.29. The van der Waals surface area contributed by atoms with Crippen molar-refractivity contribution in [2.24, 2.45) is 11.8 Å². The first-order chi connectivity index (χ1) is 13.5. The highest BCUT2D eigenvalue weighted by molar-refractivity contribution is 5.81. The highest BCUT2D eigenvalue weighted by Gasteiger charge is 2.30. The summed E-state index contributed by atoms with van der Waals surface area (Å²) >= 11 is 0. The number of benzene rings is 1. The van der Waals surface area contributed by atoms with Crippen molar-refractivity contribution in [1.29, 1.82) is 0 Å². The van der Waals surface area contributed by atoms with Crippen LogP contribution in [0.15, 0.2) is 30.3 Å². The summed E-state index contributed by atoms with van der Waals surface area (Å²) in [6.45, 7) is 0.0938. The standard InChI is InChI=1S/C22H30N2O4/c25-20(23-14-19(22(27)28)15-6-2-1-3-7-15)17-10-12-18(13-11-17)24-21(26)16-8-4-5-9-16/h1-3,6-7,16-19H,4-5,8-14H2,(H,23,25)(H,24,26)(H,27,28). The molecule has 0 spiro atoms. The van der Waals surface area contributed by atoms with E-state index in [1.165, 1.54) is 0 Å². The summed E-state index contributed by atoms with van der Waals surface area (Å²) in [5.41, 5.74) is 0.689. The van der Waals surface area contributed by atoms with E-state index in [0.717, 1.165) is 51.4 Å². The van der Waals surface area contributed by atoms with Crippen LogP contribution < -0.4 is 10.6 Å². The number of hydrogen-bond donors (Lipinski definition) is 3. The zero-order chi connectivity index (χ0) is 19.9. The predicted octanol–water partition coefficient (Wildman–Crippen LogP) is 2.84. The Morgan fingerprint density at radius 2 is 1.50 bits per heavy atom. The molecule has 28 heavy (non-hydrogen) atoms. The van der Waals surface area contributed by atoms with Crippen molar-refractivity contribution in [2.75, 3.05) is 6.54 Å². The Kier molecular flexibility index (Phi) is 7.06. The minimum Gasteiger partial charge on any atom is -0.481 e. The molecule has 2 aliphatic rings.